The smallest absolute Gasteiger partial charge is 0.207 e. The van der Waals surface area contributed by atoms with Gasteiger partial charge in [0.05, 0.1) is 24.8 Å². The van der Waals surface area contributed by atoms with E-state index < -0.39 is 0 Å². The first-order valence-corrected chi connectivity index (χ1v) is 12.9. The largest absolute Gasteiger partial charge is 0.493 e. The van der Waals surface area contributed by atoms with E-state index in [9.17, 15) is 9.59 Å². The van der Waals surface area contributed by atoms with Crippen LogP contribution in [0.3, 0.4) is 0 Å². The van der Waals surface area contributed by atoms with E-state index in [4.69, 9.17) is 25.8 Å². The molecule has 0 radical (unpaired) electrons. The summed E-state index contributed by atoms with van der Waals surface area (Å²) in [5, 5.41) is 7.00. The molecule has 2 aliphatic rings. The molecule has 3 aromatic rings. The zero-order valence-electron chi connectivity index (χ0n) is 22.7. The molecule has 5 rings (SSSR count). The molecule has 2 unspecified atom stereocenters. The van der Waals surface area contributed by atoms with Gasteiger partial charge in [0, 0.05) is 42.3 Å². The minimum Gasteiger partial charge on any atom is -0.493 e. The Kier molecular flexibility index (Phi) is 9.80. The zero-order valence-corrected chi connectivity index (χ0v) is 23.5. The van der Waals surface area contributed by atoms with Crippen LogP contribution in [0.5, 0.6) is 23.0 Å². The van der Waals surface area contributed by atoms with Crippen molar-refractivity contribution >= 4 is 40.9 Å². The van der Waals surface area contributed by atoms with Crippen molar-refractivity contribution in [2.45, 2.75) is 39.7 Å². The normalized spacial score (nSPS) is 18.5. The first-order chi connectivity index (χ1) is 18.2. The summed E-state index contributed by atoms with van der Waals surface area (Å²) in [6.45, 7) is 6.40. The summed E-state index contributed by atoms with van der Waals surface area (Å²) in [5.74, 6) is 3.38. The summed E-state index contributed by atoms with van der Waals surface area (Å²) in [4.78, 5) is 24.1. The highest BCUT2D eigenvalue weighted by atomic mass is 35.5. The average molecular weight is 542 g/mol. The number of aromatic nitrogens is 1. The van der Waals surface area contributed by atoms with Crippen LogP contribution in [-0.2, 0) is 9.59 Å². The lowest BCUT2D eigenvalue weighted by molar-refractivity contribution is -0.110. The van der Waals surface area contributed by atoms with E-state index in [1.54, 1.807) is 26.5 Å². The molecule has 1 amide bonds. The number of nitrogens with zero attached hydrogens (tertiary/aromatic N) is 1. The Balaban J connectivity index is 0.000000231. The minimum absolute atomic E-state index is 0.307. The van der Waals surface area contributed by atoms with Crippen LogP contribution in [0.4, 0.5) is 5.69 Å². The van der Waals surface area contributed by atoms with E-state index in [1.165, 1.54) is 12.8 Å². The number of hydrogen-bond acceptors (Lipinski definition) is 7. The molecule has 1 aromatic heterocycles. The van der Waals surface area contributed by atoms with Crippen molar-refractivity contribution in [1.82, 2.24) is 10.3 Å². The van der Waals surface area contributed by atoms with Crippen LogP contribution in [0.15, 0.2) is 42.6 Å². The number of amides is 1. The third-order valence-electron chi connectivity index (χ3n) is 7.14. The summed E-state index contributed by atoms with van der Waals surface area (Å²) < 4.78 is 16.7. The summed E-state index contributed by atoms with van der Waals surface area (Å²) in [6.07, 6.45) is 5.87. The number of fused-ring (bicyclic) bond motifs is 1. The van der Waals surface area contributed by atoms with Gasteiger partial charge in [-0.1, -0.05) is 32.4 Å². The lowest BCUT2D eigenvalue weighted by Gasteiger charge is -2.13. The van der Waals surface area contributed by atoms with Crippen molar-refractivity contribution in [2.75, 3.05) is 26.6 Å². The molecule has 9 heteroatoms. The number of methoxy groups -OCH3 is 2. The Morgan fingerprint density at radius 3 is 2.11 bits per heavy atom. The highest BCUT2D eigenvalue weighted by Gasteiger charge is 2.54. The molecule has 0 saturated heterocycles. The first-order valence-electron chi connectivity index (χ1n) is 12.5. The van der Waals surface area contributed by atoms with Gasteiger partial charge in [0.25, 0.3) is 0 Å². The topological polar surface area (TPSA) is 98.8 Å². The van der Waals surface area contributed by atoms with Gasteiger partial charge in [-0.25, -0.2) is 0 Å². The fourth-order valence-corrected chi connectivity index (χ4v) is 4.19. The molecule has 0 bridgehead atoms. The van der Waals surface area contributed by atoms with Crippen molar-refractivity contribution in [3.63, 3.8) is 0 Å². The van der Waals surface area contributed by atoms with Crippen LogP contribution in [0.1, 0.15) is 33.6 Å². The lowest BCUT2D eigenvalue weighted by Crippen LogP contribution is -2.11. The maximum atomic E-state index is 10.2. The number of carbonyl (C=O) groups is 2. The molecule has 38 heavy (non-hydrogen) atoms. The van der Waals surface area contributed by atoms with Crippen molar-refractivity contribution in [3.05, 3.63) is 47.6 Å². The quantitative estimate of drug-likeness (QED) is 0.332. The summed E-state index contributed by atoms with van der Waals surface area (Å²) in [7, 11) is 5.02. The van der Waals surface area contributed by atoms with E-state index >= 15 is 0 Å². The maximum Gasteiger partial charge on any atom is 0.207 e. The number of pyridine rings is 1. The molecule has 2 aromatic carbocycles. The SMILES string of the molecule is CC1C(C=O)C1(C)C.CNc1ccc(Oc2ccnc3cc(OC)c(OC)cc23)c(Cl)c1.O=CNC1CC1. The summed E-state index contributed by atoms with van der Waals surface area (Å²) in [6, 6.07) is 11.5. The predicted octanol–water partition coefficient (Wildman–Crippen LogP) is 6.11. The van der Waals surface area contributed by atoms with Gasteiger partial charge in [-0.05, 0) is 54.5 Å². The highest BCUT2D eigenvalue weighted by Crippen LogP contribution is 2.56. The fourth-order valence-electron chi connectivity index (χ4n) is 3.97. The summed E-state index contributed by atoms with van der Waals surface area (Å²) in [5.41, 5.74) is 1.97. The molecule has 2 atom stereocenters. The molecular formula is C29H36ClN3O5. The molecule has 8 nitrogen and oxygen atoms in total. The number of halogens is 1. The Hall–Kier alpha value is -3.52. The number of carbonyl (C=O) groups excluding carboxylic acids is 2. The van der Waals surface area contributed by atoms with Gasteiger partial charge in [-0.2, -0.15) is 0 Å². The van der Waals surface area contributed by atoms with Gasteiger partial charge in [-0.15, -0.1) is 0 Å². The Morgan fingerprint density at radius 1 is 1.00 bits per heavy atom. The fraction of sp³-hybridized carbons (Fsp3) is 0.414. The maximum absolute atomic E-state index is 10.2. The second-order valence-corrected chi connectivity index (χ2v) is 10.3. The Labute approximate surface area is 229 Å². The third kappa shape index (κ3) is 7.07. The monoisotopic (exact) mass is 541 g/mol. The van der Waals surface area contributed by atoms with E-state index in [0.717, 1.165) is 29.3 Å². The van der Waals surface area contributed by atoms with Crippen molar-refractivity contribution in [2.24, 2.45) is 17.3 Å². The van der Waals surface area contributed by atoms with Gasteiger partial charge >= 0.3 is 0 Å². The number of rotatable bonds is 8. The van der Waals surface area contributed by atoms with Gasteiger partial charge in [0.2, 0.25) is 6.41 Å². The first kappa shape index (κ1) is 29.0. The van der Waals surface area contributed by atoms with E-state index in [1.807, 2.05) is 37.4 Å². The van der Waals surface area contributed by atoms with Crippen LogP contribution in [0.2, 0.25) is 5.02 Å². The Bertz CT molecular complexity index is 1260. The van der Waals surface area contributed by atoms with Gasteiger partial charge in [0.15, 0.2) is 11.5 Å². The van der Waals surface area contributed by atoms with Gasteiger partial charge in [0.1, 0.15) is 17.8 Å². The minimum atomic E-state index is 0.307. The molecule has 1 heterocycles. The molecule has 0 aliphatic heterocycles. The van der Waals surface area contributed by atoms with E-state index in [2.05, 4.69) is 36.4 Å². The molecule has 2 fully saturated rings. The van der Waals surface area contributed by atoms with E-state index in [-0.39, 0.29) is 0 Å². The standard InChI is InChI=1S/C18H17ClN2O3.C7H12O.C4H7NO/c1-20-11-4-5-16(13(19)8-11)24-15-6-7-21-14-10-18(23-3)17(22-2)9-12(14)15;1-5-6(4-8)7(5,2)3;6-3-5-4-1-2-4/h4-10,20H,1-3H3;4-6H,1-3H3;3-4H,1-2H2,(H,5,6). The van der Waals surface area contributed by atoms with Crippen molar-refractivity contribution in [3.8, 4) is 23.0 Å². The number of aldehydes is 1. The second kappa shape index (κ2) is 12.8. The van der Waals surface area contributed by atoms with Crippen molar-refractivity contribution in [1.29, 1.82) is 0 Å². The van der Waals surface area contributed by atoms with Crippen LogP contribution < -0.4 is 24.8 Å². The molecular weight excluding hydrogens is 506 g/mol. The second-order valence-electron chi connectivity index (χ2n) is 9.86. The van der Waals surface area contributed by atoms with Crippen LogP contribution in [0, 0.1) is 17.3 Å². The molecule has 0 spiro atoms. The van der Waals surface area contributed by atoms with Crippen molar-refractivity contribution < 1.29 is 23.8 Å². The molecule has 204 valence electrons. The predicted molar refractivity (Wildman–Crippen MR) is 151 cm³/mol. The molecule has 2 N–H and O–H groups in total. The number of ether oxygens (including phenoxy) is 3. The lowest BCUT2D eigenvalue weighted by atomic mass is 10.1. The van der Waals surface area contributed by atoms with Crippen LogP contribution >= 0.6 is 11.6 Å². The number of benzene rings is 2. The zero-order chi connectivity index (χ0) is 27.9. The number of nitrogens with one attached hydrogen (secondary N) is 2. The summed E-state index contributed by atoms with van der Waals surface area (Å²) >= 11 is 6.29. The van der Waals surface area contributed by atoms with Crippen LogP contribution in [0.25, 0.3) is 10.9 Å². The molecule has 2 saturated carbocycles. The average Bonchev–Trinajstić information content (AvgIpc) is 3.82. The number of hydrogen-bond donors (Lipinski definition) is 2. The molecule has 2 aliphatic carbocycles. The van der Waals surface area contributed by atoms with E-state index in [0.29, 0.717) is 51.3 Å². The number of anilines is 1. The van der Waals surface area contributed by atoms with Gasteiger partial charge in [-0.3, -0.25) is 9.78 Å². The third-order valence-corrected chi connectivity index (χ3v) is 7.43. The van der Waals surface area contributed by atoms with Gasteiger partial charge < -0.3 is 29.6 Å². The Morgan fingerprint density at radius 2 is 1.66 bits per heavy atom. The van der Waals surface area contributed by atoms with Crippen LogP contribution in [-0.4, -0.2) is 45.0 Å². The highest BCUT2D eigenvalue weighted by molar-refractivity contribution is 6.32.